The Labute approximate surface area is 186 Å². The molecule has 2 amide bonds. The summed E-state index contributed by atoms with van der Waals surface area (Å²) in [5, 5.41) is 4.48. The van der Waals surface area contributed by atoms with Crippen LogP contribution < -0.4 is 15.4 Å². The second kappa shape index (κ2) is 7.82. The zero-order valence-corrected chi connectivity index (χ0v) is 18.1. The highest BCUT2D eigenvalue weighted by Gasteiger charge is 2.40. The summed E-state index contributed by atoms with van der Waals surface area (Å²) in [4.78, 5) is 26.8. The monoisotopic (exact) mass is 430 g/mol. The zero-order chi connectivity index (χ0) is 22.3. The lowest BCUT2D eigenvalue weighted by Crippen LogP contribution is -2.39. The summed E-state index contributed by atoms with van der Waals surface area (Å²) in [5.41, 5.74) is 9.69. The van der Waals surface area contributed by atoms with Gasteiger partial charge in [-0.3, -0.25) is 9.59 Å². The van der Waals surface area contributed by atoms with E-state index in [9.17, 15) is 9.59 Å². The SMILES string of the molecule is COc1ccc(-n2ncc3c2C(=O)N(c2ccc(C4(CC(N)=O)CCC4)cc2)CC3)cc1. The predicted octanol–water partition coefficient (Wildman–Crippen LogP) is 3.38. The molecule has 7 nitrogen and oxygen atoms in total. The van der Waals surface area contributed by atoms with Crippen molar-refractivity contribution in [1.82, 2.24) is 9.78 Å². The van der Waals surface area contributed by atoms with Gasteiger partial charge >= 0.3 is 0 Å². The van der Waals surface area contributed by atoms with Gasteiger partial charge in [0.05, 0.1) is 19.0 Å². The molecule has 2 aromatic carbocycles. The lowest BCUT2D eigenvalue weighted by Gasteiger charge is -2.42. The summed E-state index contributed by atoms with van der Waals surface area (Å²) >= 11 is 0. The first-order chi connectivity index (χ1) is 15.5. The van der Waals surface area contributed by atoms with Crippen molar-refractivity contribution in [3.05, 3.63) is 71.5 Å². The molecule has 7 heteroatoms. The minimum absolute atomic E-state index is 0.0668. The van der Waals surface area contributed by atoms with Gasteiger partial charge in [0.1, 0.15) is 11.4 Å². The van der Waals surface area contributed by atoms with E-state index >= 15 is 0 Å². The summed E-state index contributed by atoms with van der Waals surface area (Å²) < 4.78 is 6.93. The Morgan fingerprint density at radius 3 is 2.38 bits per heavy atom. The molecule has 164 valence electrons. The van der Waals surface area contributed by atoms with Gasteiger partial charge in [0.25, 0.3) is 5.91 Å². The van der Waals surface area contributed by atoms with Crippen molar-refractivity contribution >= 4 is 17.5 Å². The number of hydrogen-bond donors (Lipinski definition) is 1. The molecule has 1 fully saturated rings. The van der Waals surface area contributed by atoms with Crippen molar-refractivity contribution in [3.8, 4) is 11.4 Å². The van der Waals surface area contributed by atoms with Crippen LogP contribution >= 0.6 is 0 Å². The highest BCUT2D eigenvalue weighted by molar-refractivity contribution is 6.07. The standard InChI is InChI=1S/C25H26N4O3/c1-32-21-9-7-20(8-10-21)29-23-17(16-27-29)11-14-28(24(23)31)19-5-3-18(4-6-19)25(12-2-13-25)15-22(26)30/h3-10,16H,2,11-15H2,1H3,(H2,26,30). The van der Waals surface area contributed by atoms with Crippen LogP contribution in [0.15, 0.2) is 54.7 Å². The smallest absolute Gasteiger partial charge is 0.277 e. The number of carbonyl (C=O) groups is 2. The number of rotatable bonds is 6. The summed E-state index contributed by atoms with van der Waals surface area (Å²) in [6.07, 6.45) is 5.95. The van der Waals surface area contributed by atoms with Gasteiger partial charge in [-0.05, 0) is 61.2 Å². The molecule has 2 aliphatic rings. The largest absolute Gasteiger partial charge is 0.497 e. The number of anilines is 1. The molecule has 0 bridgehead atoms. The number of amides is 2. The molecular weight excluding hydrogens is 404 g/mol. The highest BCUT2D eigenvalue weighted by Crippen LogP contribution is 2.46. The number of aromatic nitrogens is 2. The molecule has 1 aromatic heterocycles. The maximum atomic E-state index is 13.5. The van der Waals surface area contributed by atoms with E-state index in [2.05, 4.69) is 5.10 Å². The van der Waals surface area contributed by atoms with E-state index in [1.54, 1.807) is 22.9 Å². The van der Waals surface area contributed by atoms with Gasteiger partial charge in [-0.1, -0.05) is 18.6 Å². The van der Waals surface area contributed by atoms with Gasteiger partial charge in [0.2, 0.25) is 5.91 Å². The molecule has 1 aliphatic heterocycles. The van der Waals surface area contributed by atoms with Gasteiger partial charge in [-0.15, -0.1) is 0 Å². The number of fused-ring (bicyclic) bond motifs is 1. The topological polar surface area (TPSA) is 90.5 Å². The van der Waals surface area contributed by atoms with Gasteiger partial charge < -0.3 is 15.4 Å². The zero-order valence-electron chi connectivity index (χ0n) is 18.1. The molecule has 0 unspecified atom stereocenters. The Morgan fingerprint density at radius 2 is 1.78 bits per heavy atom. The first-order valence-corrected chi connectivity index (χ1v) is 10.9. The molecule has 0 atom stereocenters. The lowest BCUT2D eigenvalue weighted by molar-refractivity contribution is -0.120. The molecule has 3 aromatic rings. The normalized spacial score (nSPS) is 16.9. The number of carbonyl (C=O) groups excluding carboxylic acids is 2. The fourth-order valence-corrected chi connectivity index (χ4v) is 4.92. The van der Waals surface area contributed by atoms with Crippen molar-refractivity contribution in [2.45, 2.75) is 37.5 Å². The van der Waals surface area contributed by atoms with Crippen molar-refractivity contribution in [1.29, 1.82) is 0 Å². The van der Waals surface area contributed by atoms with E-state index in [0.29, 0.717) is 18.7 Å². The Balaban J connectivity index is 1.42. The third-order valence-electron chi connectivity index (χ3n) is 6.83. The van der Waals surface area contributed by atoms with Gasteiger partial charge in [0.15, 0.2) is 0 Å². The second-order valence-corrected chi connectivity index (χ2v) is 8.66. The van der Waals surface area contributed by atoms with Crippen LogP contribution in [0.3, 0.4) is 0 Å². The molecule has 0 saturated heterocycles. The fourth-order valence-electron chi connectivity index (χ4n) is 4.92. The summed E-state index contributed by atoms with van der Waals surface area (Å²) in [7, 11) is 1.62. The number of primary amides is 1. The quantitative estimate of drug-likeness (QED) is 0.649. The maximum Gasteiger partial charge on any atom is 0.277 e. The minimum Gasteiger partial charge on any atom is -0.497 e. The Kier molecular flexibility index (Phi) is 4.96. The third kappa shape index (κ3) is 3.34. The van der Waals surface area contributed by atoms with Crippen LogP contribution in [-0.2, 0) is 16.6 Å². The van der Waals surface area contributed by atoms with Crippen molar-refractivity contribution in [2.75, 3.05) is 18.6 Å². The van der Waals surface area contributed by atoms with E-state index in [-0.39, 0.29) is 17.2 Å². The molecule has 0 spiro atoms. The van der Waals surface area contributed by atoms with E-state index in [1.165, 1.54) is 0 Å². The number of nitrogens with two attached hydrogens (primary N) is 1. The van der Waals surface area contributed by atoms with Crippen LogP contribution in [0, 0.1) is 0 Å². The fraction of sp³-hybridized carbons (Fsp3) is 0.320. The Bertz CT molecular complexity index is 1160. The Morgan fingerprint density at radius 1 is 1.09 bits per heavy atom. The molecule has 1 aliphatic carbocycles. The minimum atomic E-state index is -0.265. The van der Waals surface area contributed by atoms with Crippen LogP contribution in [0.5, 0.6) is 5.75 Å². The van der Waals surface area contributed by atoms with Crippen LogP contribution in [0.1, 0.15) is 47.3 Å². The first-order valence-electron chi connectivity index (χ1n) is 10.9. The summed E-state index contributed by atoms with van der Waals surface area (Å²) in [6, 6.07) is 15.5. The number of hydrogen-bond acceptors (Lipinski definition) is 4. The number of benzene rings is 2. The third-order valence-corrected chi connectivity index (χ3v) is 6.83. The first kappa shape index (κ1) is 20.3. The maximum absolute atomic E-state index is 13.5. The lowest BCUT2D eigenvalue weighted by atomic mass is 9.62. The summed E-state index contributed by atoms with van der Waals surface area (Å²) in [6.45, 7) is 0.603. The molecule has 1 saturated carbocycles. The van der Waals surface area contributed by atoms with E-state index in [0.717, 1.165) is 53.9 Å². The van der Waals surface area contributed by atoms with Crippen molar-refractivity contribution < 1.29 is 14.3 Å². The molecule has 2 heterocycles. The number of nitrogens with zero attached hydrogens (tertiary/aromatic N) is 3. The molecule has 32 heavy (non-hydrogen) atoms. The average molecular weight is 431 g/mol. The number of ether oxygens (including phenoxy) is 1. The van der Waals surface area contributed by atoms with Gasteiger partial charge in [-0.25, -0.2) is 4.68 Å². The summed E-state index contributed by atoms with van der Waals surface area (Å²) in [5.74, 6) is 0.422. The van der Waals surface area contributed by atoms with E-state index in [1.807, 2.05) is 48.5 Å². The molecule has 2 N–H and O–H groups in total. The average Bonchev–Trinajstić information content (AvgIpc) is 3.22. The van der Waals surface area contributed by atoms with Crippen LogP contribution in [0.4, 0.5) is 5.69 Å². The predicted molar refractivity (Wildman–Crippen MR) is 121 cm³/mol. The molecular formula is C25H26N4O3. The van der Waals surface area contributed by atoms with Crippen molar-refractivity contribution in [2.24, 2.45) is 5.73 Å². The number of methoxy groups -OCH3 is 1. The van der Waals surface area contributed by atoms with Gasteiger partial charge in [-0.2, -0.15) is 5.10 Å². The van der Waals surface area contributed by atoms with Crippen LogP contribution in [0.25, 0.3) is 5.69 Å². The van der Waals surface area contributed by atoms with E-state index < -0.39 is 0 Å². The Hall–Kier alpha value is -3.61. The van der Waals surface area contributed by atoms with Crippen molar-refractivity contribution in [3.63, 3.8) is 0 Å². The molecule has 0 radical (unpaired) electrons. The van der Waals surface area contributed by atoms with Crippen LogP contribution in [-0.4, -0.2) is 35.2 Å². The highest BCUT2D eigenvalue weighted by atomic mass is 16.5. The van der Waals surface area contributed by atoms with Crippen LogP contribution in [0.2, 0.25) is 0 Å². The second-order valence-electron chi connectivity index (χ2n) is 8.66. The molecule has 5 rings (SSSR count). The van der Waals surface area contributed by atoms with Gasteiger partial charge in [0, 0.05) is 29.6 Å². The van der Waals surface area contributed by atoms with E-state index in [4.69, 9.17) is 10.5 Å².